The second kappa shape index (κ2) is 6.62. The fourth-order valence-electron chi connectivity index (χ4n) is 2.12. The van der Waals surface area contributed by atoms with Gasteiger partial charge < -0.3 is 5.32 Å². The van der Waals surface area contributed by atoms with Gasteiger partial charge in [-0.05, 0) is 31.9 Å². The van der Waals surface area contributed by atoms with E-state index in [1.165, 1.54) is 54.1 Å². The maximum Gasteiger partial charge on any atom is 0.0984 e. The maximum atomic E-state index is 4.56. The quantitative estimate of drug-likeness (QED) is 0.579. The van der Waals surface area contributed by atoms with Crippen LogP contribution < -0.4 is 5.32 Å². The molecule has 1 fully saturated rings. The number of aryl methyl sites for hydroxylation is 2. The summed E-state index contributed by atoms with van der Waals surface area (Å²) in [5, 5.41) is 9.52. The standard InChI is InChI=1S/C14H25N3S/c1-4-5-6-9-18-14-13(10-15-12-7-8-12)11(2)16-17(14)3/h12,15H,4-10H2,1-3H3. The maximum absolute atomic E-state index is 4.56. The van der Waals surface area contributed by atoms with Gasteiger partial charge in [0.25, 0.3) is 0 Å². The van der Waals surface area contributed by atoms with Crippen molar-refractivity contribution in [3.8, 4) is 0 Å². The highest BCUT2D eigenvalue weighted by molar-refractivity contribution is 7.99. The first-order valence-electron chi connectivity index (χ1n) is 7.11. The highest BCUT2D eigenvalue weighted by atomic mass is 32.2. The van der Waals surface area contributed by atoms with Crippen molar-refractivity contribution in [2.75, 3.05) is 5.75 Å². The van der Waals surface area contributed by atoms with E-state index < -0.39 is 0 Å². The zero-order valence-corrected chi connectivity index (χ0v) is 12.6. The molecule has 0 atom stereocenters. The molecule has 0 spiro atoms. The Morgan fingerprint density at radius 1 is 1.39 bits per heavy atom. The van der Waals surface area contributed by atoms with E-state index in [1.807, 2.05) is 11.8 Å². The summed E-state index contributed by atoms with van der Waals surface area (Å²) in [6.07, 6.45) is 6.62. The molecule has 0 saturated heterocycles. The van der Waals surface area contributed by atoms with Gasteiger partial charge in [-0.25, -0.2) is 0 Å². The Morgan fingerprint density at radius 2 is 2.17 bits per heavy atom. The molecule has 0 bridgehead atoms. The zero-order valence-electron chi connectivity index (χ0n) is 11.8. The molecule has 1 aromatic heterocycles. The van der Waals surface area contributed by atoms with Crippen LogP contribution in [-0.4, -0.2) is 21.6 Å². The molecule has 1 N–H and O–H groups in total. The van der Waals surface area contributed by atoms with Crippen LogP contribution >= 0.6 is 11.8 Å². The number of nitrogens with one attached hydrogen (secondary N) is 1. The lowest BCUT2D eigenvalue weighted by molar-refractivity contribution is 0.658. The molecule has 4 heteroatoms. The van der Waals surface area contributed by atoms with Gasteiger partial charge in [0.05, 0.1) is 10.7 Å². The average Bonchev–Trinajstić information content (AvgIpc) is 3.11. The van der Waals surface area contributed by atoms with Gasteiger partial charge in [-0.3, -0.25) is 4.68 Å². The second-order valence-corrected chi connectivity index (χ2v) is 6.29. The summed E-state index contributed by atoms with van der Waals surface area (Å²) in [6.45, 7) is 5.37. The van der Waals surface area contributed by atoms with Gasteiger partial charge in [-0.2, -0.15) is 5.10 Å². The number of nitrogens with zero attached hydrogens (tertiary/aromatic N) is 2. The van der Waals surface area contributed by atoms with E-state index in [-0.39, 0.29) is 0 Å². The van der Waals surface area contributed by atoms with E-state index in [0.717, 1.165) is 12.6 Å². The monoisotopic (exact) mass is 267 g/mol. The number of hydrogen-bond acceptors (Lipinski definition) is 3. The first-order chi connectivity index (χ1) is 8.72. The summed E-state index contributed by atoms with van der Waals surface area (Å²) in [5.41, 5.74) is 2.59. The number of unbranched alkanes of at least 4 members (excludes halogenated alkanes) is 2. The van der Waals surface area contributed by atoms with Crippen molar-refractivity contribution in [1.82, 2.24) is 15.1 Å². The molecule has 0 aliphatic heterocycles. The van der Waals surface area contributed by atoms with Crippen molar-refractivity contribution in [3.63, 3.8) is 0 Å². The third-order valence-corrected chi connectivity index (χ3v) is 4.70. The van der Waals surface area contributed by atoms with Gasteiger partial charge in [0.1, 0.15) is 0 Å². The summed E-state index contributed by atoms with van der Waals surface area (Å²) < 4.78 is 2.05. The number of thioether (sulfide) groups is 1. The molecule has 0 unspecified atom stereocenters. The molecule has 3 nitrogen and oxygen atoms in total. The highest BCUT2D eigenvalue weighted by Crippen LogP contribution is 2.27. The van der Waals surface area contributed by atoms with Crippen LogP contribution in [0.5, 0.6) is 0 Å². The minimum absolute atomic E-state index is 0.766. The minimum atomic E-state index is 0.766. The predicted octanol–water partition coefficient (Wildman–Crippen LogP) is 3.26. The van der Waals surface area contributed by atoms with Crippen molar-refractivity contribution in [3.05, 3.63) is 11.3 Å². The first-order valence-corrected chi connectivity index (χ1v) is 8.09. The Balaban J connectivity index is 1.92. The fraction of sp³-hybridized carbons (Fsp3) is 0.786. The van der Waals surface area contributed by atoms with Crippen LogP contribution in [0.2, 0.25) is 0 Å². The zero-order chi connectivity index (χ0) is 13.0. The van der Waals surface area contributed by atoms with Crippen molar-refractivity contribution in [2.24, 2.45) is 7.05 Å². The first kappa shape index (κ1) is 13.9. The molecule has 1 aromatic rings. The number of rotatable bonds is 8. The Hall–Kier alpha value is -0.480. The van der Waals surface area contributed by atoms with Crippen LogP contribution in [0.4, 0.5) is 0 Å². The van der Waals surface area contributed by atoms with Crippen molar-refractivity contribution < 1.29 is 0 Å². The topological polar surface area (TPSA) is 29.9 Å². The van der Waals surface area contributed by atoms with Gasteiger partial charge in [0.2, 0.25) is 0 Å². The summed E-state index contributed by atoms with van der Waals surface area (Å²) in [6, 6.07) is 0.766. The van der Waals surface area contributed by atoms with Crippen LogP contribution in [0.1, 0.15) is 50.3 Å². The van der Waals surface area contributed by atoms with Crippen LogP contribution in [0.15, 0.2) is 5.03 Å². The number of hydrogen-bond donors (Lipinski definition) is 1. The molecular formula is C14H25N3S. The van der Waals surface area contributed by atoms with Crippen LogP contribution in [0, 0.1) is 6.92 Å². The van der Waals surface area contributed by atoms with E-state index in [9.17, 15) is 0 Å². The van der Waals surface area contributed by atoms with Gasteiger partial charge >= 0.3 is 0 Å². The van der Waals surface area contributed by atoms with Gasteiger partial charge in [-0.1, -0.05) is 19.8 Å². The van der Waals surface area contributed by atoms with E-state index in [0.29, 0.717) is 0 Å². The normalized spacial score (nSPS) is 15.3. The van der Waals surface area contributed by atoms with Crippen molar-refractivity contribution in [1.29, 1.82) is 0 Å². The molecule has 102 valence electrons. The summed E-state index contributed by atoms with van der Waals surface area (Å²) in [4.78, 5) is 0. The lowest BCUT2D eigenvalue weighted by Crippen LogP contribution is -2.16. The molecular weight excluding hydrogens is 242 g/mol. The Kier molecular flexibility index (Phi) is 5.13. The summed E-state index contributed by atoms with van der Waals surface area (Å²) in [5.74, 6) is 1.21. The van der Waals surface area contributed by atoms with Crippen molar-refractivity contribution in [2.45, 2.75) is 63.6 Å². The van der Waals surface area contributed by atoms with Crippen LogP contribution in [0.3, 0.4) is 0 Å². The van der Waals surface area contributed by atoms with Gasteiger partial charge in [-0.15, -0.1) is 11.8 Å². The predicted molar refractivity (Wildman–Crippen MR) is 78.1 cm³/mol. The Morgan fingerprint density at radius 3 is 2.83 bits per heavy atom. The molecule has 0 amide bonds. The molecule has 1 aliphatic carbocycles. The molecule has 1 aliphatic rings. The third kappa shape index (κ3) is 3.75. The Bertz CT molecular complexity index is 383. The molecule has 1 saturated carbocycles. The van der Waals surface area contributed by atoms with Crippen molar-refractivity contribution >= 4 is 11.8 Å². The fourth-order valence-corrected chi connectivity index (χ4v) is 3.28. The van der Waals surface area contributed by atoms with E-state index >= 15 is 0 Å². The summed E-state index contributed by atoms with van der Waals surface area (Å²) >= 11 is 1.97. The van der Waals surface area contributed by atoms with Gasteiger partial charge in [0.15, 0.2) is 0 Å². The molecule has 0 aromatic carbocycles. The minimum Gasteiger partial charge on any atom is -0.310 e. The third-order valence-electron chi connectivity index (χ3n) is 3.42. The lowest BCUT2D eigenvalue weighted by Gasteiger charge is -2.07. The van der Waals surface area contributed by atoms with E-state index in [2.05, 4.69) is 36.0 Å². The van der Waals surface area contributed by atoms with E-state index in [1.54, 1.807) is 0 Å². The van der Waals surface area contributed by atoms with Gasteiger partial charge in [0, 0.05) is 25.2 Å². The second-order valence-electron chi connectivity index (χ2n) is 5.20. The number of aromatic nitrogens is 2. The lowest BCUT2D eigenvalue weighted by atomic mass is 10.2. The summed E-state index contributed by atoms with van der Waals surface area (Å²) in [7, 11) is 2.07. The SMILES string of the molecule is CCCCCSc1c(CNC2CC2)c(C)nn1C. The molecule has 18 heavy (non-hydrogen) atoms. The van der Waals surface area contributed by atoms with E-state index in [4.69, 9.17) is 0 Å². The Labute approximate surface area is 115 Å². The van der Waals surface area contributed by atoms with Crippen LogP contribution in [0.25, 0.3) is 0 Å². The smallest absolute Gasteiger partial charge is 0.0984 e. The van der Waals surface area contributed by atoms with Crippen LogP contribution in [-0.2, 0) is 13.6 Å². The highest BCUT2D eigenvalue weighted by Gasteiger charge is 2.22. The molecule has 2 rings (SSSR count). The molecule has 1 heterocycles. The average molecular weight is 267 g/mol. The molecule has 0 radical (unpaired) electrons. The largest absolute Gasteiger partial charge is 0.310 e.